The lowest BCUT2D eigenvalue weighted by atomic mass is 10.1. The molecule has 0 saturated heterocycles. The highest BCUT2D eigenvalue weighted by Gasteiger charge is 1.96. The SMILES string of the molecule is COc1ccc(C=NN)cc1C. The smallest absolute Gasteiger partial charge is 0.121 e. The molecule has 3 nitrogen and oxygen atoms in total. The van der Waals surface area contributed by atoms with Gasteiger partial charge >= 0.3 is 0 Å². The van der Waals surface area contributed by atoms with E-state index in [0.717, 1.165) is 16.9 Å². The van der Waals surface area contributed by atoms with Crippen LogP contribution in [0.1, 0.15) is 11.1 Å². The van der Waals surface area contributed by atoms with E-state index in [1.54, 1.807) is 13.3 Å². The lowest BCUT2D eigenvalue weighted by Crippen LogP contribution is -1.90. The second-order valence-corrected chi connectivity index (χ2v) is 2.51. The molecule has 2 N–H and O–H groups in total. The predicted octanol–water partition coefficient (Wildman–Crippen LogP) is 1.30. The van der Waals surface area contributed by atoms with E-state index < -0.39 is 0 Å². The van der Waals surface area contributed by atoms with E-state index in [4.69, 9.17) is 10.6 Å². The fraction of sp³-hybridized carbons (Fsp3) is 0.222. The van der Waals surface area contributed by atoms with E-state index in [1.807, 2.05) is 25.1 Å². The zero-order chi connectivity index (χ0) is 8.97. The van der Waals surface area contributed by atoms with Crippen LogP contribution in [0, 0.1) is 6.92 Å². The third kappa shape index (κ3) is 1.75. The van der Waals surface area contributed by atoms with E-state index in [9.17, 15) is 0 Å². The summed E-state index contributed by atoms with van der Waals surface area (Å²) in [5, 5.41) is 3.44. The predicted molar refractivity (Wildman–Crippen MR) is 49.5 cm³/mol. The molecule has 1 aromatic carbocycles. The van der Waals surface area contributed by atoms with Crippen molar-refractivity contribution in [2.45, 2.75) is 6.92 Å². The summed E-state index contributed by atoms with van der Waals surface area (Å²) < 4.78 is 5.10. The van der Waals surface area contributed by atoms with Gasteiger partial charge in [0.25, 0.3) is 0 Å². The zero-order valence-electron chi connectivity index (χ0n) is 7.24. The lowest BCUT2D eigenvalue weighted by Gasteiger charge is -2.03. The quantitative estimate of drug-likeness (QED) is 0.407. The highest BCUT2D eigenvalue weighted by atomic mass is 16.5. The second-order valence-electron chi connectivity index (χ2n) is 2.51. The molecule has 0 heterocycles. The van der Waals surface area contributed by atoms with Crippen molar-refractivity contribution in [2.75, 3.05) is 7.11 Å². The van der Waals surface area contributed by atoms with Gasteiger partial charge in [-0.3, -0.25) is 0 Å². The standard InChI is InChI=1S/C9H12N2O/c1-7-5-8(6-11-10)3-4-9(7)12-2/h3-6H,10H2,1-2H3. The van der Waals surface area contributed by atoms with Crippen molar-refractivity contribution < 1.29 is 4.74 Å². The Hall–Kier alpha value is -1.51. The first-order valence-corrected chi connectivity index (χ1v) is 3.66. The number of benzene rings is 1. The van der Waals surface area contributed by atoms with E-state index in [0.29, 0.717) is 0 Å². The summed E-state index contributed by atoms with van der Waals surface area (Å²) in [6, 6.07) is 5.77. The highest BCUT2D eigenvalue weighted by Crippen LogP contribution is 2.17. The first-order valence-electron chi connectivity index (χ1n) is 3.66. The highest BCUT2D eigenvalue weighted by molar-refractivity contribution is 5.79. The van der Waals surface area contributed by atoms with Gasteiger partial charge in [0.2, 0.25) is 0 Å². The summed E-state index contributed by atoms with van der Waals surface area (Å²) in [4.78, 5) is 0. The third-order valence-corrected chi connectivity index (χ3v) is 1.64. The van der Waals surface area contributed by atoms with Crippen LogP contribution in [-0.4, -0.2) is 13.3 Å². The van der Waals surface area contributed by atoms with Gasteiger partial charge in [-0.1, -0.05) is 0 Å². The zero-order valence-corrected chi connectivity index (χ0v) is 7.24. The number of rotatable bonds is 2. The number of hydrogen-bond acceptors (Lipinski definition) is 3. The van der Waals surface area contributed by atoms with Gasteiger partial charge in [0.1, 0.15) is 5.75 Å². The summed E-state index contributed by atoms with van der Waals surface area (Å²) >= 11 is 0. The van der Waals surface area contributed by atoms with Gasteiger partial charge in [-0.2, -0.15) is 5.10 Å². The maximum Gasteiger partial charge on any atom is 0.121 e. The Morgan fingerprint density at radius 1 is 1.50 bits per heavy atom. The number of hydrogen-bond donors (Lipinski definition) is 1. The van der Waals surface area contributed by atoms with Crippen LogP contribution in [0.25, 0.3) is 0 Å². The van der Waals surface area contributed by atoms with Crippen molar-refractivity contribution in [1.82, 2.24) is 0 Å². The molecule has 0 aliphatic carbocycles. The Bertz CT molecular complexity index is 295. The number of nitrogens with two attached hydrogens (primary N) is 1. The molecule has 0 spiro atoms. The second kappa shape index (κ2) is 3.76. The van der Waals surface area contributed by atoms with Crippen LogP contribution in [0.15, 0.2) is 23.3 Å². The third-order valence-electron chi connectivity index (χ3n) is 1.64. The molecule has 0 amide bonds. The van der Waals surface area contributed by atoms with Crippen LogP contribution < -0.4 is 10.6 Å². The molecule has 0 aliphatic heterocycles. The minimum Gasteiger partial charge on any atom is -0.496 e. The lowest BCUT2D eigenvalue weighted by molar-refractivity contribution is 0.411. The van der Waals surface area contributed by atoms with Gasteiger partial charge in [-0.25, -0.2) is 0 Å². The molecule has 0 bridgehead atoms. The van der Waals surface area contributed by atoms with E-state index in [1.165, 1.54) is 0 Å². The fourth-order valence-corrected chi connectivity index (χ4v) is 1.07. The number of nitrogens with zero attached hydrogens (tertiary/aromatic N) is 1. The number of ether oxygens (including phenoxy) is 1. The average Bonchev–Trinajstić information content (AvgIpc) is 2.05. The largest absolute Gasteiger partial charge is 0.496 e. The van der Waals surface area contributed by atoms with Crippen molar-refractivity contribution in [3.05, 3.63) is 29.3 Å². The van der Waals surface area contributed by atoms with Gasteiger partial charge in [0.15, 0.2) is 0 Å². The number of hydrazone groups is 1. The molecule has 0 unspecified atom stereocenters. The van der Waals surface area contributed by atoms with Crippen molar-refractivity contribution in [3.8, 4) is 5.75 Å². The molecule has 3 heteroatoms. The molecule has 0 radical (unpaired) electrons. The summed E-state index contributed by atoms with van der Waals surface area (Å²) in [6.07, 6.45) is 1.60. The normalized spacial score (nSPS) is 10.5. The molecule has 12 heavy (non-hydrogen) atoms. The molecule has 0 aliphatic rings. The molecule has 0 fully saturated rings. The Balaban J connectivity index is 3.01. The summed E-state index contributed by atoms with van der Waals surface area (Å²) in [6.45, 7) is 1.98. The van der Waals surface area contributed by atoms with Crippen LogP contribution in [0.2, 0.25) is 0 Å². The molecular weight excluding hydrogens is 152 g/mol. The minimum atomic E-state index is 0.879. The Morgan fingerprint density at radius 2 is 2.25 bits per heavy atom. The van der Waals surface area contributed by atoms with Crippen molar-refractivity contribution in [1.29, 1.82) is 0 Å². The molecular formula is C9H12N2O. The van der Waals surface area contributed by atoms with E-state index >= 15 is 0 Å². The molecule has 0 saturated carbocycles. The summed E-state index contributed by atoms with van der Waals surface area (Å²) in [7, 11) is 1.65. The van der Waals surface area contributed by atoms with Gasteiger partial charge in [-0.15, -0.1) is 0 Å². The minimum absolute atomic E-state index is 0.879. The molecule has 1 aromatic rings. The van der Waals surface area contributed by atoms with Crippen molar-refractivity contribution in [2.24, 2.45) is 10.9 Å². The van der Waals surface area contributed by atoms with E-state index in [-0.39, 0.29) is 0 Å². The van der Waals surface area contributed by atoms with Crippen LogP contribution in [0.4, 0.5) is 0 Å². The van der Waals surface area contributed by atoms with Crippen LogP contribution in [0.3, 0.4) is 0 Å². The Morgan fingerprint density at radius 3 is 2.75 bits per heavy atom. The van der Waals surface area contributed by atoms with Crippen LogP contribution in [0.5, 0.6) is 5.75 Å². The summed E-state index contributed by atoms with van der Waals surface area (Å²) in [5.41, 5.74) is 2.06. The maximum atomic E-state index is 5.10. The van der Waals surface area contributed by atoms with Gasteiger partial charge in [-0.05, 0) is 36.2 Å². The molecule has 64 valence electrons. The summed E-state index contributed by atoms with van der Waals surface area (Å²) in [5.74, 6) is 5.90. The molecule has 1 rings (SSSR count). The monoisotopic (exact) mass is 164 g/mol. The first kappa shape index (κ1) is 8.59. The maximum absolute atomic E-state index is 5.10. The van der Waals surface area contributed by atoms with Crippen LogP contribution >= 0.6 is 0 Å². The Labute approximate surface area is 71.8 Å². The topological polar surface area (TPSA) is 47.6 Å². The van der Waals surface area contributed by atoms with Gasteiger partial charge in [0.05, 0.1) is 13.3 Å². The number of aryl methyl sites for hydroxylation is 1. The first-order chi connectivity index (χ1) is 5.77. The number of methoxy groups -OCH3 is 1. The molecule has 0 atom stereocenters. The van der Waals surface area contributed by atoms with Crippen molar-refractivity contribution >= 4 is 6.21 Å². The van der Waals surface area contributed by atoms with Gasteiger partial charge in [0, 0.05) is 0 Å². The van der Waals surface area contributed by atoms with Crippen molar-refractivity contribution in [3.63, 3.8) is 0 Å². The fourth-order valence-electron chi connectivity index (χ4n) is 1.07. The van der Waals surface area contributed by atoms with Crippen LogP contribution in [-0.2, 0) is 0 Å². The Kier molecular flexibility index (Phi) is 2.69. The van der Waals surface area contributed by atoms with E-state index in [2.05, 4.69) is 5.10 Å². The average molecular weight is 164 g/mol. The molecule has 0 aromatic heterocycles. The van der Waals surface area contributed by atoms with Gasteiger partial charge < -0.3 is 10.6 Å².